The van der Waals surface area contributed by atoms with Crippen LogP contribution >= 0.6 is 0 Å². The third kappa shape index (κ3) is 2.91. The van der Waals surface area contributed by atoms with Crippen molar-refractivity contribution in [2.24, 2.45) is 0 Å². The number of benzene rings is 1. The number of rotatable bonds is 5. The molecule has 4 heteroatoms. The minimum Gasteiger partial charge on any atom is -0.467 e. The summed E-state index contributed by atoms with van der Waals surface area (Å²) in [5.74, 6) is 0.392. The first-order chi connectivity index (χ1) is 9.55. The Morgan fingerprint density at radius 1 is 1.25 bits per heavy atom. The van der Waals surface area contributed by atoms with Crippen LogP contribution in [0.1, 0.15) is 31.2 Å². The van der Waals surface area contributed by atoms with Gasteiger partial charge >= 0.3 is 0 Å². The molecule has 0 bridgehead atoms. The Morgan fingerprint density at radius 3 is 2.50 bits per heavy atom. The molecule has 4 nitrogen and oxygen atoms in total. The van der Waals surface area contributed by atoms with E-state index >= 15 is 0 Å². The highest BCUT2D eigenvalue weighted by Crippen LogP contribution is 2.24. The predicted octanol–water partition coefficient (Wildman–Crippen LogP) is 2.41. The molecule has 1 heterocycles. The zero-order chi connectivity index (χ0) is 14.6. The molecule has 2 rings (SSSR count). The van der Waals surface area contributed by atoms with Crippen molar-refractivity contribution in [3.63, 3.8) is 0 Å². The summed E-state index contributed by atoms with van der Waals surface area (Å²) in [4.78, 5) is 12.5. The molecule has 106 valence electrons. The van der Waals surface area contributed by atoms with E-state index in [1.54, 1.807) is 12.1 Å². The summed E-state index contributed by atoms with van der Waals surface area (Å²) in [5, 5.41) is 12.2. The van der Waals surface area contributed by atoms with Crippen LogP contribution in [0.4, 0.5) is 0 Å². The van der Waals surface area contributed by atoms with Gasteiger partial charge in [0.25, 0.3) is 0 Å². The number of carbonyl (C=O) groups excluding carboxylic acids is 1. The molecule has 0 saturated carbocycles. The molecule has 0 aliphatic carbocycles. The van der Waals surface area contributed by atoms with E-state index in [1.807, 2.05) is 44.2 Å². The number of aliphatic hydroxyl groups excluding tert-OH is 1. The van der Waals surface area contributed by atoms with Crippen LogP contribution in [-0.4, -0.2) is 17.6 Å². The molecule has 2 aromatic rings. The van der Waals surface area contributed by atoms with Gasteiger partial charge in [0.1, 0.15) is 11.8 Å². The highest BCUT2D eigenvalue weighted by atomic mass is 16.3. The predicted molar refractivity (Wildman–Crippen MR) is 76.1 cm³/mol. The highest BCUT2D eigenvalue weighted by Gasteiger charge is 2.31. The summed E-state index contributed by atoms with van der Waals surface area (Å²) >= 11 is 0. The smallest absolute Gasteiger partial charge is 0.230 e. The van der Waals surface area contributed by atoms with Crippen LogP contribution < -0.4 is 5.32 Å². The zero-order valence-corrected chi connectivity index (χ0v) is 11.7. The lowest BCUT2D eigenvalue weighted by Crippen LogP contribution is -2.42. The van der Waals surface area contributed by atoms with E-state index < -0.39 is 11.5 Å². The fourth-order valence-corrected chi connectivity index (χ4v) is 2.02. The lowest BCUT2D eigenvalue weighted by atomic mass is 9.83. The molecule has 20 heavy (non-hydrogen) atoms. The van der Waals surface area contributed by atoms with Crippen LogP contribution in [0, 0.1) is 0 Å². The third-order valence-corrected chi connectivity index (χ3v) is 3.44. The minimum absolute atomic E-state index is 0.154. The maximum Gasteiger partial charge on any atom is 0.230 e. The van der Waals surface area contributed by atoms with E-state index in [2.05, 4.69) is 5.32 Å². The molecule has 0 saturated heterocycles. The average molecular weight is 273 g/mol. The zero-order valence-electron chi connectivity index (χ0n) is 11.7. The van der Waals surface area contributed by atoms with E-state index in [-0.39, 0.29) is 12.5 Å². The summed E-state index contributed by atoms with van der Waals surface area (Å²) in [6.07, 6.45) is 1.52. The summed E-state index contributed by atoms with van der Waals surface area (Å²) in [7, 11) is 0. The molecule has 0 aliphatic rings. The highest BCUT2D eigenvalue weighted by molar-refractivity contribution is 5.87. The minimum atomic E-state index is -0.679. The third-order valence-electron chi connectivity index (χ3n) is 3.44. The molecule has 0 radical (unpaired) electrons. The van der Waals surface area contributed by atoms with E-state index in [9.17, 15) is 9.90 Å². The Morgan fingerprint density at radius 2 is 1.95 bits per heavy atom. The number of aliphatic hydroxyl groups is 1. The summed E-state index contributed by atoms with van der Waals surface area (Å²) < 4.78 is 5.23. The first-order valence-electron chi connectivity index (χ1n) is 6.56. The van der Waals surface area contributed by atoms with E-state index in [0.29, 0.717) is 5.76 Å². The van der Waals surface area contributed by atoms with Gasteiger partial charge in [-0.3, -0.25) is 4.79 Å². The maximum atomic E-state index is 12.5. The topological polar surface area (TPSA) is 62.5 Å². The van der Waals surface area contributed by atoms with Crippen LogP contribution in [0.2, 0.25) is 0 Å². The lowest BCUT2D eigenvalue weighted by molar-refractivity contribution is -0.126. The number of hydrogen-bond donors (Lipinski definition) is 2. The van der Waals surface area contributed by atoms with Gasteiger partial charge in [-0.05, 0) is 31.5 Å². The molecule has 1 amide bonds. The Balaban J connectivity index is 2.15. The molecule has 1 aromatic heterocycles. The quantitative estimate of drug-likeness (QED) is 0.879. The Labute approximate surface area is 118 Å². The second-order valence-electron chi connectivity index (χ2n) is 5.22. The van der Waals surface area contributed by atoms with Crippen LogP contribution in [0.5, 0.6) is 0 Å². The Kier molecular flexibility index (Phi) is 4.25. The summed E-state index contributed by atoms with van der Waals surface area (Å²) in [6, 6.07) is 12.5. The normalized spacial score (nSPS) is 12.9. The molecule has 0 fully saturated rings. The first kappa shape index (κ1) is 14.3. The Bertz CT molecular complexity index is 546. The first-order valence-corrected chi connectivity index (χ1v) is 6.56. The van der Waals surface area contributed by atoms with E-state index in [1.165, 1.54) is 6.26 Å². The maximum absolute atomic E-state index is 12.5. The van der Waals surface area contributed by atoms with Gasteiger partial charge in [-0.25, -0.2) is 0 Å². The van der Waals surface area contributed by atoms with Crippen molar-refractivity contribution < 1.29 is 14.3 Å². The molecule has 0 spiro atoms. The van der Waals surface area contributed by atoms with Crippen LogP contribution in [-0.2, 0) is 10.2 Å². The Hall–Kier alpha value is -2.07. The molecule has 1 atom stereocenters. The van der Waals surface area contributed by atoms with Gasteiger partial charge < -0.3 is 14.8 Å². The van der Waals surface area contributed by atoms with Gasteiger partial charge in [0, 0.05) is 0 Å². The van der Waals surface area contributed by atoms with E-state index in [0.717, 1.165) is 5.56 Å². The summed E-state index contributed by atoms with van der Waals surface area (Å²) in [6.45, 7) is 3.51. The van der Waals surface area contributed by atoms with Crippen molar-refractivity contribution in [1.82, 2.24) is 5.32 Å². The van der Waals surface area contributed by atoms with Gasteiger partial charge in [0.15, 0.2) is 0 Å². The van der Waals surface area contributed by atoms with Crippen molar-refractivity contribution in [2.45, 2.75) is 25.3 Å². The average Bonchev–Trinajstić information content (AvgIpc) is 2.99. The second kappa shape index (κ2) is 5.92. The van der Waals surface area contributed by atoms with Crippen LogP contribution in [0.25, 0.3) is 0 Å². The van der Waals surface area contributed by atoms with Crippen LogP contribution in [0.15, 0.2) is 53.1 Å². The summed E-state index contributed by atoms with van der Waals surface area (Å²) in [5.41, 5.74) is 0.245. The number of hydrogen-bond acceptors (Lipinski definition) is 3. The number of carbonyl (C=O) groups is 1. The van der Waals surface area contributed by atoms with Crippen molar-refractivity contribution in [3.8, 4) is 0 Å². The largest absolute Gasteiger partial charge is 0.467 e. The molecular formula is C16H19NO3. The standard InChI is InChI=1S/C16H19NO3/c1-16(2,12-7-4-3-5-8-12)15(19)17-13(11-18)14-9-6-10-20-14/h3-10,13,18H,11H2,1-2H3,(H,17,19). The van der Waals surface area contributed by atoms with Gasteiger partial charge in [0.2, 0.25) is 5.91 Å². The van der Waals surface area contributed by atoms with Gasteiger partial charge in [-0.1, -0.05) is 30.3 Å². The van der Waals surface area contributed by atoms with Gasteiger partial charge in [-0.2, -0.15) is 0 Å². The molecule has 0 aliphatic heterocycles. The van der Waals surface area contributed by atoms with Crippen molar-refractivity contribution in [1.29, 1.82) is 0 Å². The number of amides is 1. The number of nitrogens with one attached hydrogen (secondary N) is 1. The molecular weight excluding hydrogens is 254 g/mol. The van der Waals surface area contributed by atoms with E-state index in [4.69, 9.17) is 4.42 Å². The molecule has 1 aromatic carbocycles. The SMILES string of the molecule is CC(C)(C(=O)NC(CO)c1ccco1)c1ccccc1. The van der Waals surface area contributed by atoms with Crippen LogP contribution in [0.3, 0.4) is 0 Å². The monoisotopic (exact) mass is 273 g/mol. The number of furan rings is 1. The molecule has 2 N–H and O–H groups in total. The molecule has 1 unspecified atom stereocenters. The van der Waals surface area contributed by atoms with Crippen molar-refractivity contribution in [3.05, 3.63) is 60.1 Å². The van der Waals surface area contributed by atoms with Gasteiger partial charge in [-0.15, -0.1) is 0 Å². The van der Waals surface area contributed by atoms with Gasteiger partial charge in [0.05, 0.1) is 18.3 Å². The second-order valence-corrected chi connectivity index (χ2v) is 5.22. The fourth-order valence-electron chi connectivity index (χ4n) is 2.02. The lowest BCUT2D eigenvalue weighted by Gasteiger charge is -2.26. The fraction of sp³-hybridized carbons (Fsp3) is 0.312. The van der Waals surface area contributed by atoms with Crippen molar-refractivity contribution >= 4 is 5.91 Å². The van der Waals surface area contributed by atoms with Crippen molar-refractivity contribution in [2.75, 3.05) is 6.61 Å².